The number of benzene rings is 1. The molecule has 0 atom stereocenters. The van der Waals surface area contributed by atoms with E-state index in [2.05, 4.69) is 15.6 Å². The fourth-order valence-corrected chi connectivity index (χ4v) is 2.37. The maximum Gasteiger partial charge on any atom is 0.225 e. The van der Waals surface area contributed by atoms with Crippen LogP contribution >= 0.6 is 23.2 Å². The van der Waals surface area contributed by atoms with Gasteiger partial charge in [0.2, 0.25) is 5.91 Å². The van der Waals surface area contributed by atoms with Gasteiger partial charge in [0.25, 0.3) is 0 Å². The summed E-state index contributed by atoms with van der Waals surface area (Å²) in [7, 11) is 0. The second kappa shape index (κ2) is 8.01. The van der Waals surface area contributed by atoms with Gasteiger partial charge in [0.15, 0.2) is 0 Å². The molecule has 0 aliphatic carbocycles. The number of anilines is 2. The maximum absolute atomic E-state index is 11.3. The summed E-state index contributed by atoms with van der Waals surface area (Å²) in [6.07, 6.45) is 2.91. The van der Waals surface area contributed by atoms with E-state index in [1.54, 1.807) is 25.3 Å². The SMILES string of the molecule is CCC(=O)Nc1ccc(NCCc2ccc(Cl)cc2Cl)cn1. The van der Waals surface area contributed by atoms with Crippen LogP contribution < -0.4 is 10.6 Å². The van der Waals surface area contributed by atoms with Gasteiger partial charge in [-0.3, -0.25) is 4.79 Å². The van der Waals surface area contributed by atoms with Crippen molar-refractivity contribution in [3.05, 3.63) is 52.1 Å². The molecule has 1 amide bonds. The summed E-state index contributed by atoms with van der Waals surface area (Å²) >= 11 is 12.0. The van der Waals surface area contributed by atoms with E-state index in [0.717, 1.165) is 24.2 Å². The van der Waals surface area contributed by atoms with Gasteiger partial charge < -0.3 is 10.6 Å². The Bertz CT molecular complexity index is 644. The van der Waals surface area contributed by atoms with Crippen molar-refractivity contribution in [1.82, 2.24) is 4.98 Å². The van der Waals surface area contributed by atoms with E-state index < -0.39 is 0 Å². The third-order valence-electron chi connectivity index (χ3n) is 3.09. The number of pyridine rings is 1. The van der Waals surface area contributed by atoms with Crippen LogP contribution in [0.5, 0.6) is 0 Å². The Morgan fingerprint density at radius 1 is 1.23 bits per heavy atom. The minimum Gasteiger partial charge on any atom is -0.383 e. The fraction of sp³-hybridized carbons (Fsp3) is 0.250. The molecule has 0 radical (unpaired) electrons. The molecule has 6 heteroatoms. The monoisotopic (exact) mass is 337 g/mol. The van der Waals surface area contributed by atoms with Crippen molar-refractivity contribution in [2.24, 2.45) is 0 Å². The topological polar surface area (TPSA) is 54.0 Å². The summed E-state index contributed by atoms with van der Waals surface area (Å²) in [5, 5.41) is 7.27. The Balaban J connectivity index is 1.85. The Labute approximate surface area is 139 Å². The van der Waals surface area contributed by atoms with E-state index in [1.165, 1.54) is 0 Å². The van der Waals surface area contributed by atoms with Crippen LogP contribution in [-0.2, 0) is 11.2 Å². The molecule has 1 heterocycles. The minimum atomic E-state index is -0.0504. The lowest BCUT2D eigenvalue weighted by molar-refractivity contribution is -0.115. The van der Waals surface area contributed by atoms with Gasteiger partial charge in [-0.15, -0.1) is 0 Å². The number of hydrogen-bond donors (Lipinski definition) is 2. The number of nitrogens with one attached hydrogen (secondary N) is 2. The average molecular weight is 338 g/mol. The molecule has 2 rings (SSSR count). The summed E-state index contributed by atoms with van der Waals surface area (Å²) in [6.45, 7) is 2.52. The molecule has 22 heavy (non-hydrogen) atoms. The Kier molecular flexibility index (Phi) is 6.04. The first-order valence-corrected chi connectivity index (χ1v) is 7.77. The summed E-state index contributed by atoms with van der Waals surface area (Å²) in [5.74, 6) is 0.503. The van der Waals surface area contributed by atoms with Crippen LogP contribution in [0.15, 0.2) is 36.5 Å². The molecule has 116 valence electrons. The standard InChI is InChI=1S/C16H17Cl2N3O/c1-2-16(22)21-15-6-5-13(10-20-15)19-8-7-11-3-4-12(17)9-14(11)18/h3-6,9-10,19H,2,7-8H2,1H3,(H,20,21,22). The van der Waals surface area contributed by atoms with E-state index in [9.17, 15) is 4.79 Å². The molecule has 0 spiro atoms. The highest BCUT2D eigenvalue weighted by Gasteiger charge is 2.02. The highest BCUT2D eigenvalue weighted by Crippen LogP contribution is 2.21. The van der Waals surface area contributed by atoms with Gasteiger partial charge in [-0.2, -0.15) is 0 Å². The molecular weight excluding hydrogens is 321 g/mol. The zero-order chi connectivity index (χ0) is 15.9. The highest BCUT2D eigenvalue weighted by molar-refractivity contribution is 6.35. The molecule has 1 aromatic carbocycles. The highest BCUT2D eigenvalue weighted by atomic mass is 35.5. The largest absolute Gasteiger partial charge is 0.383 e. The lowest BCUT2D eigenvalue weighted by Crippen LogP contribution is -2.11. The summed E-state index contributed by atoms with van der Waals surface area (Å²) in [5.41, 5.74) is 1.93. The number of halogens is 2. The predicted octanol–water partition coefficient (Wildman–Crippen LogP) is 4.39. The lowest BCUT2D eigenvalue weighted by atomic mass is 10.1. The molecule has 0 aliphatic heterocycles. The first-order chi connectivity index (χ1) is 10.6. The predicted molar refractivity (Wildman–Crippen MR) is 91.8 cm³/mol. The first-order valence-electron chi connectivity index (χ1n) is 7.02. The van der Waals surface area contributed by atoms with Gasteiger partial charge in [0.05, 0.1) is 11.9 Å². The van der Waals surface area contributed by atoms with Crippen molar-refractivity contribution in [3.63, 3.8) is 0 Å². The maximum atomic E-state index is 11.3. The van der Waals surface area contributed by atoms with E-state index >= 15 is 0 Å². The third kappa shape index (κ3) is 4.90. The van der Waals surface area contributed by atoms with Crippen molar-refractivity contribution in [2.45, 2.75) is 19.8 Å². The second-order valence-corrected chi connectivity index (χ2v) is 5.59. The molecule has 2 N–H and O–H groups in total. The molecule has 0 unspecified atom stereocenters. The number of carbonyl (C=O) groups excluding carboxylic acids is 1. The molecular formula is C16H17Cl2N3O. The molecule has 4 nitrogen and oxygen atoms in total. The Morgan fingerprint density at radius 2 is 2.05 bits per heavy atom. The van der Waals surface area contributed by atoms with Crippen molar-refractivity contribution in [3.8, 4) is 0 Å². The molecule has 0 saturated carbocycles. The zero-order valence-electron chi connectivity index (χ0n) is 12.2. The lowest BCUT2D eigenvalue weighted by Gasteiger charge is -2.09. The van der Waals surface area contributed by atoms with Gasteiger partial charge >= 0.3 is 0 Å². The molecule has 0 bridgehead atoms. The first kappa shape index (κ1) is 16.6. The van der Waals surface area contributed by atoms with Crippen molar-refractivity contribution in [1.29, 1.82) is 0 Å². The van der Waals surface area contributed by atoms with E-state index in [4.69, 9.17) is 23.2 Å². The van der Waals surface area contributed by atoms with E-state index in [-0.39, 0.29) is 5.91 Å². The number of aromatic nitrogens is 1. The second-order valence-electron chi connectivity index (χ2n) is 4.75. The summed E-state index contributed by atoms with van der Waals surface area (Å²) in [4.78, 5) is 15.4. The van der Waals surface area contributed by atoms with Crippen molar-refractivity contribution in [2.75, 3.05) is 17.2 Å². The number of carbonyl (C=O) groups is 1. The van der Waals surface area contributed by atoms with Gasteiger partial charge in [-0.1, -0.05) is 36.2 Å². The van der Waals surface area contributed by atoms with Gasteiger partial charge in [-0.05, 0) is 36.2 Å². The van der Waals surface area contributed by atoms with Crippen LogP contribution in [-0.4, -0.2) is 17.4 Å². The van der Waals surface area contributed by atoms with Crippen LogP contribution in [0.3, 0.4) is 0 Å². The van der Waals surface area contributed by atoms with E-state index in [1.807, 2.05) is 18.2 Å². The van der Waals surface area contributed by atoms with Gasteiger partial charge in [0, 0.05) is 23.0 Å². The van der Waals surface area contributed by atoms with E-state index in [0.29, 0.717) is 22.3 Å². The van der Waals surface area contributed by atoms with Crippen LogP contribution in [0.4, 0.5) is 11.5 Å². The smallest absolute Gasteiger partial charge is 0.225 e. The molecule has 2 aromatic rings. The normalized spacial score (nSPS) is 10.3. The van der Waals surface area contributed by atoms with Crippen molar-refractivity contribution >= 4 is 40.6 Å². The number of hydrogen-bond acceptors (Lipinski definition) is 3. The van der Waals surface area contributed by atoms with Crippen LogP contribution in [0.25, 0.3) is 0 Å². The zero-order valence-corrected chi connectivity index (χ0v) is 13.7. The van der Waals surface area contributed by atoms with Crippen LogP contribution in [0, 0.1) is 0 Å². The molecule has 0 saturated heterocycles. The Morgan fingerprint density at radius 3 is 2.68 bits per heavy atom. The average Bonchev–Trinajstić information content (AvgIpc) is 2.51. The van der Waals surface area contributed by atoms with Gasteiger partial charge in [-0.25, -0.2) is 4.98 Å². The number of nitrogens with zero attached hydrogens (tertiary/aromatic N) is 1. The van der Waals surface area contributed by atoms with Crippen LogP contribution in [0.2, 0.25) is 10.0 Å². The summed E-state index contributed by atoms with van der Waals surface area (Å²) in [6, 6.07) is 9.14. The van der Waals surface area contributed by atoms with Crippen molar-refractivity contribution < 1.29 is 4.79 Å². The Hall–Kier alpha value is -1.78. The van der Waals surface area contributed by atoms with Crippen LogP contribution in [0.1, 0.15) is 18.9 Å². The number of amides is 1. The summed E-state index contributed by atoms with van der Waals surface area (Å²) < 4.78 is 0. The minimum absolute atomic E-state index is 0.0504. The molecule has 0 fully saturated rings. The fourth-order valence-electron chi connectivity index (χ4n) is 1.87. The van der Waals surface area contributed by atoms with Gasteiger partial charge in [0.1, 0.15) is 5.82 Å². The number of rotatable bonds is 6. The molecule has 1 aromatic heterocycles. The molecule has 0 aliphatic rings. The third-order valence-corrected chi connectivity index (χ3v) is 3.68. The quantitative estimate of drug-likeness (QED) is 0.821.